The lowest BCUT2D eigenvalue weighted by molar-refractivity contribution is 1.17. The van der Waals surface area contributed by atoms with E-state index in [2.05, 4.69) is 523 Å². The van der Waals surface area contributed by atoms with Crippen LogP contribution in [0.5, 0.6) is 0 Å². The van der Waals surface area contributed by atoms with Gasteiger partial charge in [-0.3, -0.25) is 9.97 Å². The van der Waals surface area contributed by atoms with Gasteiger partial charge in [0.2, 0.25) is 0 Å². The smallest absolute Gasteiger partial charge is 0.0973 e. The lowest BCUT2D eigenvalue weighted by atomic mass is 10.0. The number of hydrogen-bond donors (Lipinski definition) is 0. The van der Waals surface area contributed by atoms with Gasteiger partial charge < -0.3 is 27.4 Å². The summed E-state index contributed by atoms with van der Waals surface area (Å²) in [5.74, 6) is 0. The standard InChI is InChI=1S/C54H34N4.C48H30N4.C36H22N4/c1-4-16-36(17-5-1)52-53(37-18-6-2-7-19-37)56-46-34-39(28-30-45(46)55-52)38-20-14-23-41(33-38)57-47-26-13-12-25-43(47)50-48(57)31-32-49-51(50)44-29-27-35-15-10-11-24-42(35)54(44)58(49)40-21-8-3-9-22-40;1-4-15-32(16-5-1)46-47(33-17-6-2-7-18-33)50-40-30-35(25-27-39(40)49-46)51-41-23-13-12-22-37(41)44-42(51)28-29-43-45(44)38-26-24-31-14-10-11-21-36(31)48(38)52(43)34-19-8-3-9-20-34;1-2-9-24(10-3-1)40-33-19-18-32-34(35(33)28-16-14-23-8-4-5-11-26(23)36(28)40)27-12-6-7-13-31(27)39(32)25-15-17-29-30(22-25)38-21-20-37-29/h1-34H;1-30H;1-22H. The van der Waals surface area contributed by atoms with Crippen molar-refractivity contribution in [2.75, 3.05) is 0 Å². The van der Waals surface area contributed by atoms with Gasteiger partial charge in [0.25, 0.3) is 0 Å². The normalized spacial score (nSPS) is 11.9. The fraction of sp³-hybridized carbons (Fsp3) is 0. The van der Waals surface area contributed by atoms with Crippen LogP contribution in [0, 0.1) is 0 Å². The van der Waals surface area contributed by atoms with Gasteiger partial charge in [-0.25, -0.2) is 19.9 Å². The molecule has 698 valence electrons. The van der Waals surface area contributed by atoms with Gasteiger partial charge >= 0.3 is 0 Å². The van der Waals surface area contributed by atoms with E-state index < -0.39 is 0 Å². The first-order valence-corrected chi connectivity index (χ1v) is 50.9. The minimum absolute atomic E-state index is 0.857. The molecular weight excluding hydrogens is 1830 g/mol. The van der Waals surface area contributed by atoms with Crippen LogP contribution in [0.1, 0.15) is 0 Å². The van der Waals surface area contributed by atoms with Crippen LogP contribution in [0.15, 0.2) is 522 Å². The van der Waals surface area contributed by atoms with Crippen LogP contribution in [-0.2, 0) is 0 Å². The van der Waals surface area contributed by atoms with Gasteiger partial charge in [0.15, 0.2) is 0 Å². The monoisotopic (exact) mass is 1910 g/mol. The zero-order valence-electron chi connectivity index (χ0n) is 81.0. The third kappa shape index (κ3) is 13.6. The topological polar surface area (TPSA) is 107 Å². The van der Waals surface area contributed by atoms with Gasteiger partial charge in [0.05, 0.1) is 122 Å². The third-order valence-electron chi connectivity index (χ3n) is 30.3. The fourth-order valence-electron chi connectivity index (χ4n) is 23.9. The Morgan fingerprint density at radius 3 is 0.767 bits per heavy atom. The summed E-state index contributed by atoms with van der Waals surface area (Å²) < 4.78 is 14.5. The van der Waals surface area contributed by atoms with Crippen molar-refractivity contribution in [1.29, 1.82) is 0 Å². The van der Waals surface area contributed by atoms with Crippen molar-refractivity contribution in [3.05, 3.63) is 522 Å². The molecular formula is C138H86N12. The molecule has 12 heteroatoms. The highest BCUT2D eigenvalue weighted by atomic mass is 15.0. The largest absolute Gasteiger partial charge is 0.309 e. The first kappa shape index (κ1) is 85.3. The highest BCUT2D eigenvalue weighted by molar-refractivity contribution is 6.35. The van der Waals surface area contributed by atoms with Gasteiger partial charge in [-0.15, -0.1) is 0 Å². The van der Waals surface area contributed by atoms with E-state index in [0.717, 1.165) is 134 Å². The molecule has 0 radical (unpaired) electrons. The van der Waals surface area contributed by atoms with E-state index in [-0.39, 0.29) is 0 Å². The predicted molar refractivity (Wildman–Crippen MR) is 624 cm³/mol. The van der Waals surface area contributed by atoms with Crippen LogP contribution in [0.2, 0.25) is 0 Å². The molecule has 0 aliphatic rings. The Morgan fingerprint density at radius 1 is 0.133 bits per heavy atom. The Balaban J connectivity index is 0.000000105. The molecule has 0 fully saturated rings. The maximum atomic E-state index is 5.33. The number of benzene rings is 23. The molecule has 9 aromatic heterocycles. The van der Waals surface area contributed by atoms with Crippen LogP contribution in [0.25, 0.3) is 287 Å². The van der Waals surface area contributed by atoms with Crippen molar-refractivity contribution in [1.82, 2.24) is 57.3 Å². The summed E-state index contributed by atoms with van der Waals surface area (Å²) in [7, 11) is 0. The lowest BCUT2D eigenvalue weighted by Gasteiger charge is -2.13. The molecule has 0 saturated heterocycles. The molecule has 32 aromatic rings. The second kappa shape index (κ2) is 34.7. The molecule has 0 amide bonds. The summed E-state index contributed by atoms with van der Waals surface area (Å²) in [6.45, 7) is 0. The maximum Gasteiger partial charge on any atom is 0.0973 e. The molecule has 0 saturated carbocycles. The molecule has 0 N–H and O–H groups in total. The van der Waals surface area contributed by atoms with Crippen molar-refractivity contribution in [3.63, 3.8) is 0 Å². The minimum Gasteiger partial charge on any atom is -0.309 e. The van der Waals surface area contributed by atoms with E-state index >= 15 is 0 Å². The summed E-state index contributed by atoms with van der Waals surface area (Å²) >= 11 is 0. The zero-order chi connectivity index (χ0) is 98.5. The Kier molecular flexibility index (Phi) is 19.7. The molecule has 32 rings (SSSR count). The Labute approximate surface area is 859 Å². The third-order valence-corrected chi connectivity index (χ3v) is 30.3. The highest BCUT2D eigenvalue weighted by Crippen LogP contribution is 2.51. The number of aromatic nitrogens is 12. The second-order valence-corrected chi connectivity index (χ2v) is 38.6. The molecule has 9 heterocycles. The van der Waals surface area contributed by atoms with Gasteiger partial charge in [0.1, 0.15) is 0 Å². The number of hydrogen-bond acceptors (Lipinski definition) is 6. The molecule has 23 aromatic carbocycles. The Hall–Kier alpha value is -20.3. The van der Waals surface area contributed by atoms with E-state index in [1.54, 1.807) is 12.4 Å². The van der Waals surface area contributed by atoms with Crippen LogP contribution >= 0.6 is 0 Å². The number of para-hydroxylation sites is 6. The summed E-state index contributed by atoms with van der Waals surface area (Å²) in [6, 6.07) is 182. The quantitative estimate of drug-likeness (QED) is 0.128. The van der Waals surface area contributed by atoms with Crippen molar-refractivity contribution in [3.8, 4) is 90.3 Å². The van der Waals surface area contributed by atoms with Gasteiger partial charge in [-0.1, -0.05) is 358 Å². The van der Waals surface area contributed by atoms with Crippen LogP contribution in [0.3, 0.4) is 0 Å². The van der Waals surface area contributed by atoms with E-state index in [0.29, 0.717) is 0 Å². The summed E-state index contributed by atoms with van der Waals surface area (Å²) in [4.78, 5) is 30.1. The fourth-order valence-corrected chi connectivity index (χ4v) is 23.9. The first-order chi connectivity index (χ1) is 74.5. The van der Waals surface area contributed by atoms with Gasteiger partial charge in [-0.2, -0.15) is 0 Å². The predicted octanol–water partition coefficient (Wildman–Crippen LogP) is 35.3. The molecule has 0 spiro atoms. The molecule has 150 heavy (non-hydrogen) atoms. The van der Waals surface area contributed by atoms with E-state index in [1.807, 2.05) is 24.3 Å². The van der Waals surface area contributed by atoms with Crippen LogP contribution in [0.4, 0.5) is 0 Å². The maximum absolute atomic E-state index is 5.33. The Bertz CT molecular complexity index is 11100. The van der Waals surface area contributed by atoms with E-state index in [1.165, 1.54) is 152 Å². The number of nitrogens with zero attached hydrogens (tertiary/aromatic N) is 12. The summed E-state index contributed by atoms with van der Waals surface area (Å²) in [6.07, 6.45) is 3.50. The number of fused-ring (bicyclic) bond motifs is 30. The molecule has 0 aliphatic carbocycles. The average molecular weight is 1910 g/mol. The van der Waals surface area contributed by atoms with E-state index in [9.17, 15) is 0 Å². The second-order valence-electron chi connectivity index (χ2n) is 38.6. The molecule has 0 bridgehead atoms. The van der Waals surface area contributed by atoms with Crippen molar-refractivity contribution in [2.24, 2.45) is 0 Å². The molecule has 0 unspecified atom stereocenters. The minimum atomic E-state index is 0.857. The van der Waals surface area contributed by atoms with Crippen LogP contribution < -0.4 is 0 Å². The van der Waals surface area contributed by atoms with Crippen molar-refractivity contribution in [2.45, 2.75) is 0 Å². The van der Waals surface area contributed by atoms with Crippen molar-refractivity contribution < 1.29 is 0 Å². The number of rotatable bonds is 11. The van der Waals surface area contributed by atoms with Crippen molar-refractivity contribution >= 4 is 196 Å². The highest BCUT2D eigenvalue weighted by Gasteiger charge is 2.29. The summed E-state index contributed by atoms with van der Waals surface area (Å²) in [5.41, 5.74) is 36.2. The molecule has 0 atom stereocenters. The molecule has 0 aliphatic heterocycles. The first-order valence-electron chi connectivity index (χ1n) is 50.9. The van der Waals surface area contributed by atoms with E-state index in [4.69, 9.17) is 19.9 Å². The summed E-state index contributed by atoms with van der Waals surface area (Å²) in [5, 5.41) is 22.5. The average Bonchev–Trinajstić information content (AvgIpc) is 1.54. The molecule has 12 nitrogen and oxygen atoms in total. The Morgan fingerprint density at radius 2 is 0.393 bits per heavy atom. The van der Waals surface area contributed by atoms with Crippen LogP contribution in [-0.4, -0.2) is 57.3 Å². The van der Waals surface area contributed by atoms with Gasteiger partial charge in [-0.05, 0) is 179 Å². The SMILES string of the molecule is c1ccc(-c2nc3ccc(-c4cccc(-n5c6ccccc6c6c7c8ccc9ccccc9c8n(-c8ccccc8)c7ccc65)c4)cc3nc2-c2ccccc2)cc1.c1ccc(-c2nc3ccc(-n4c5ccccc5c5c6c7ccc8ccccc8c7n(-c7ccccc7)c6ccc54)cc3nc2-c2ccccc2)cc1.c1ccc(-n2c3ccc4c(c5ccccc5n4-c4ccc5nccnc5c4)c3c3ccc4ccccc4c32)cc1. The lowest BCUT2D eigenvalue weighted by Crippen LogP contribution is -1.98. The van der Waals surface area contributed by atoms with Gasteiger partial charge in [0, 0.05) is 150 Å². The zero-order valence-corrected chi connectivity index (χ0v) is 81.0.